The number of rotatable bonds is 6. The van der Waals surface area contributed by atoms with Crippen LogP contribution in [0.1, 0.15) is 16.1 Å². The van der Waals surface area contributed by atoms with E-state index in [1.165, 1.54) is 0 Å². The number of nitrogens with zero attached hydrogens (tertiary/aromatic N) is 2. The Morgan fingerprint density at radius 1 is 1.11 bits per heavy atom. The zero-order chi connectivity index (χ0) is 19.4. The third kappa shape index (κ3) is 3.73. The predicted octanol–water partition coefficient (Wildman–Crippen LogP) is 3.82. The summed E-state index contributed by atoms with van der Waals surface area (Å²) in [6.45, 7) is 0.367. The molecule has 0 aliphatic carbocycles. The molecule has 0 fully saturated rings. The van der Waals surface area contributed by atoms with E-state index in [9.17, 15) is 4.79 Å². The number of aromatic amines is 1. The third-order valence-electron chi connectivity index (χ3n) is 4.25. The average Bonchev–Trinajstić information content (AvgIpc) is 3.09. The van der Waals surface area contributed by atoms with Crippen molar-refractivity contribution in [3.63, 3.8) is 0 Å². The van der Waals surface area contributed by atoms with Crippen molar-refractivity contribution in [2.24, 2.45) is 0 Å². The molecule has 0 atom stereocenters. The Bertz CT molecular complexity index is 995. The van der Waals surface area contributed by atoms with Gasteiger partial charge in [0.25, 0.3) is 5.91 Å². The molecule has 0 spiro atoms. The summed E-state index contributed by atoms with van der Waals surface area (Å²) in [5, 5.41) is 0. The lowest BCUT2D eigenvalue weighted by molar-refractivity contribution is 0.0776. The molecule has 1 N–H and O–H groups in total. The number of benzene rings is 2. The number of amides is 1. The van der Waals surface area contributed by atoms with Crippen molar-refractivity contribution in [2.45, 2.75) is 6.54 Å². The Balaban J connectivity index is 1.91. The van der Waals surface area contributed by atoms with Crippen LogP contribution in [0.15, 0.2) is 54.7 Å². The Morgan fingerprint density at radius 2 is 1.85 bits per heavy atom. The van der Waals surface area contributed by atoms with Gasteiger partial charge in [0.1, 0.15) is 5.69 Å². The summed E-state index contributed by atoms with van der Waals surface area (Å²) >= 11 is 5.36. The molecule has 0 bridgehead atoms. The van der Waals surface area contributed by atoms with Crippen molar-refractivity contribution in [3.8, 4) is 17.2 Å². The van der Waals surface area contributed by atoms with E-state index in [0.29, 0.717) is 28.5 Å². The van der Waals surface area contributed by atoms with Gasteiger partial charge in [0.2, 0.25) is 0 Å². The number of para-hydroxylation sites is 2. The summed E-state index contributed by atoms with van der Waals surface area (Å²) < 4.78 is 13.0. The van der Waals surface area contributed by atoms with Gasteiger partial charge in [0.05, 0.1) is 14.2 Å². The van der Waals surface area contributed by atoms with Crippen molar-refractivity contribution < 1.29 is 14.3 Å². The van der Waals surface area contributed by atoms with E-state index in [1.807, 2.05) is 48.5 Å². The van der Waals surface area contributed by atoms with Crippen LogP contribution in [0.4, 0.5) is 0 Å². The van der Waals surface area contributed by atoms with E-state index in [2.05, 4.69) is 4.98 Å². The van der Waals surface area contributed by atoms with Gasteiger partial charge in [0, 0.05) is 31.0 Å². The molecule has 6 nitrogen and oxygen atoms in total. The first-order chi connectivity index (χ1) is 13.1. The average molecular weight is 383 g/mol. The lowest BCUT2D eigenvalue weighted by atomic mass is 10.1. The van der Waals surface area contributed by atoms with Crippen LogP contribution in [-0.4, -0.2) is 41.6 Å². The third-order valence-corrected chi connectivity index (χ3v) is 4.55. The SMILES string of the molecule is COc1cccc(CN(C)C(=O)c2c[nH]c(=S)n2-c2ccccc2)c1OC. The summed E-state index contributed by atoms with van der Waals surface area (Å²) in [7, 11) is 4.92. The minimum Gasteiger partial charge on any atom is -0.493 e. The molecule has 1 heterocycles. The van der Waals surface area contributed by atoms with Crippen LogP contribution in [0.5, 0.6) is 11.5 Å². The summed E-state index contributed by atoms with van der Waals surface area (Å²) in [5.74, 6) is 1.09. The first-order valence-corrected chi connectivity index (χ1v) is 8.78. The molecule has 0 aliphatic heterocycles. The Labute approximate surface area is 163 Å². The van der Waals surface area contributed by atoms with Crippen molar-refractivity contribution in [2.75, 3.05) is 21.3 Å². The fraction of sp³-hybridized carbons (Fsp3) is 0.200. The fourth-order valence-corrected chi connectivity index (χ4v) is 3.22. The van der Waals surface area contributed by atoms with Gasteiger partial charge < -0.3 is 19.4 Å². The zero-order valence-corrected chi connectivity index (χ0v) is 16.2. The maximum absolute atomic E-state index is 13.1. The van der Waals surface area contributed by atoms with Gasteiger partial charge in [-0.2, -0.15) is 0 Å². The van der Waals surface area contributed by atoms with Crippen LogP contribution in [0, 0.1) is 4.77 Å². The zero-order valence-electron chi connectivity index (χ0n) is 15.4. The highest BCUT2D eigenvalue weighted by molar-refractivity contribution is 7.71. The minimum atomic E-state index is -0.156. The number of carbonyl (C=O) groups is 1. The maximum atomic E-state index is 13.1. The molecule has 3 rings (SSSR count). The van der Waals surface area contributed by atoms with Gasteiger partial charge in [-0.3, -0.25) is 9.36 Å². The highest BCUT2D eigenvalue weighted by Crippen LogP contribution is 2.31. The maximum Gasteiger partial charge on any atom is 0.272 e. The number of carbonyl (C=O) groups excluding carboxylic acids is 1. The number of aromatic nitrogens is 2. The first kappa shape index (κ1) is 18.7. The van der Waals surface area contributed by atoms with Crippen LogP contribution < -0.4 is 9.47 Å². The topological polar surface area (TPSA) is 59.5 Å². The molecule has 27 heavy (non-hydrogen) atoms. The van der Waals surface area contributed by atoms with Gasteiger partial charge in [-0.1, -0.05) is 30.3 Å². The Hall–Kier alpha value is -3.06. The molecule has 0 saturated heterocycles. The lowest BCUT2D eigenvalue weighted by Gasteiger charge is -2.20. The van der Waals surface area contributed by atoms with Gasteiger partial charge in [0.15, 0.2) is 16.3 Å². The summed E-state index contributed by atoms with van der Waals surface area (Å²) in [6.07, 6.45) is 1.64. The smallest absolute Gasteiger partial charge is 0.272 e. The largest absolute Gasteiger partial charge is 0.493 e. The van der Waals surface area contributed by atoms with E-state index in [4.69, 9.17) is 21.7 Å². The normalized spacial score (nSPS) is 10.5. The molecule has 0 radical (unpaired) electrons. The van der Waals surface area contributed by atoms with Crippen LogP contribution >= 0.6 is 12.2 Å². The molecular formula is C20H21N3O3S. The quantitative estimate of drug-likeness (QED) is 0.658. The molecular weight excluding hydrogens is 362 g/mol. The number of imidazole rings is 1. The number of hydrogen-bond donors (Lipinski definition) is 1. The molecule has 1 amide bonds. The van der Waals surface area contributed by atoms with Gasteiger partial charge >= 0.3 is 0 Å². The van der Waals surface area contributed by atoms with Gasteiger partial charge in [-0.15, -0.1) is 0 Å². The molecule has 0 aliphatic rings. The molecule has 140 valence electrons. The van der Waals surface area contributed by atoms with Gasteiger partial charge in [-0.25, -0.2) is 0 Å². The highest BCUT2D eigenvalue weighted by Gasteiger charge is 2.20. The molecule has 1 aromatic heterocycles. The predicted molar refractivity (Wildman–Crippen MR) is 106 cm³/mol. The molecule has 3 aromatic rings. The van der Waals surface area contributed by atoms with Crippen LogP contribution in [-0.2, 0) is 6.54 Å². The number of hydrogen-bond acceptors (Lipinski definition) is 4. The first-order valence-electron chi connectivity index (χ1n) is 8.38. The van der Waals surface area contributed by atoms with Gasteiger partial charge in [-0.05, 0) is 30.4 Å². The summed E-state index contributed by atoms with van der Waals surface area (Å²) in [6, 6.07) is 15.2. The van der Waals surface area contributed by atoms with Crippen LogP contribution in [0.25, 0.3) is 5.69 Å². The molecule has 0 unspecified atom stereocenters. The lowest BCUT2D eigenvalue weighted by Crippen LogP contribution is -2.28. The van der Waals surface area contributed by atoms with E-state index >= 15 is 0 Å². The second kappa shape index (κ2) is 8.09. The van der Waals surface area contributed by atoms with E-state index in [0.717, 1.165) is 11.3 Å². The standard InChI is InChI=1S/C20H21N3O3S/c1-22(13-14-8-7-11-17(25-2)18(14)26-3)19(24)16-12-21-20(27)23(16)15-9-5-4-6-10-15/h4-12H,13H2,1-3H3,(H,21,27). The second-order valence-corrected chi connectivity index (χ2v) is 6.35. The number of ether oxygens (including phenoxy) is 2. The Morgan fingerprint density at radius 3 is 2.52 bits per heavy atom. The van der Waals surface area contributed by atoms with Crippen molar-refractivity contribution in [3.05, 3.63) is 70.8 Å². The van der Waals surface area contributed by atoms with E-state index in [1.54, 1.807) is 36.9 Å². The monoisotopic (exact) mass is 383 g/mol. The highest BCUT2D eigenvalue weighted by atomic mass is 32.1. The fourth-order valence-electron chi connectivity index (χ4n) is 2.96. The second-order valence-electron chi connectivity index (χ2n) is 5.96. The van der Waals surface area contributed by atoms with E-state index in [-0.39, 0.29) is 5.91 Å². The van der Waals surface area contributed by atoms with Crippen LogP contribution in [0.2, 0.25) is 0 Å². The number of methoxy groups -OCH3 is 2. The Kier molecular flexibility index (Phi) is 5.61. The number of nitrogens with one attached hydrogen (secondary N) is 1. The van der Waals surface area contributed by atoms with E-state index < -0.39 is 0 Å². The van der Waals surface area contributed by atoms with Crippen molar-refractivity contribution in [1.82, 2.24) is 14.5 Å². The van der Waals surface area contributed by atoms with Crippen molar-refractivity contribution >= 4 is 18.1 Å². The summed E-state index contributed by atoms with van der Waals surface area (Å²) in [4.78, 5) is 17.7. The molecule has 2 aromatic carbocycles. The number of H-pyrrole nitrogens is 1. The molecule has 7 heteroatoms. The van der Waals surface area contributed by atoms with Crippen molar-refractivity contribution in [1.29, 1.82) is 0 Å². The van der Waals surface area contributed by atoms with Crippen LogP contribution in [0.3, 0.4) is 0 Å². The minimum absolute atomic E-state index is 0.156. The summed E-state index contributed by atoms with van der Waals surface area (Å²) in [5.41, 5.74) is 2.16. The molecule has 0 saturated carbocycles.